The average molecular weight is 429 g/mol. The van der Waals surface area contributed by atoms with Crippen LogP contribution in [0.4, 0.5) is 5.69 Å². The molecular weight excluding hydrogens is 408 g/mol. The zero-order chi connectivity index (χ0) is 17.6. The van der Waals surface area contributed by atoms with Crippen LogP contribution in [0.5, 0.6) is 0 Å². The predicted molar refractivity (Wildman–Crippen MR) is 97.5 cm³/mol. The van der Waals surface area contributed by atoms with Crippen LogP contribution in [0.15, 0.2) is 27.6 Å². The second-order valence-electron chi connectivity index (χ2n) is 6.93. The van der Waals surface area contributed by atoms with Gasteiger partial charge in [0.25, 0.3) is 0 Å². The molecule has 2 saturated heterocycles. The van der Waals surface area contributed by atoms with Crippen LogP contribution in [0.1, 0.15) is 12.8 Å². The van der Waals surface area contributed by atoms with Crippen molar-refractivity contribution in [2.75, 3.05) is 44.3 Å². The monoisotopic (exact) mass is 428 g/mol. The summed E-state index contributed by atoms with van der Waals surface area (Å²) < 4.78 is 32.0. The molecule has 1 saturated carbocycles. The third-order valence-corrected chi connectivity index (χ3v) is 7.61. The van der Waals surface area contributed by atoms with Gasteiger partial charge < -0.3 is 14.5 Å². The molecule has 4 rings (SSSR count). The van der Waals surface area contributed by atoms with Gasteiger partial charge in [-0.2, -0.15) is 0 Å². The van der Waals surface area contributed by atoms with E-state index in [1.807, 2.05) is 6.07 Å². The van der Waals surface area contributed by atoms with Gasteiger partial charge in [0.15, 0.2) is 9.84 Å². The summed E-state index contributed by atoms with van der Waals surface area (Å²) in [5.41, 5.74) is 0.890. The van der Waals surface area contributed by atoms with Gasteiger partial charge in [0, 0.05) is 42.3 Å². The van der Waals surface area contributed by atoms with E-state index in [1.165, 1.54) is 0 Å². The van der Waals surface area contributed by atoms with E-state index in [0.717, 1.165) is 36.1 Å². The molecule has 2 aliphatic heterocycles. The van der Waals surface area contributed by atoms with Crippen molar-refractivity contribution in [1.29, 1.82) is 0 Å². The molecule has 1 amide bonds. The van der Waals surface area contributed by atoms with Crippen LogP contribution in [0, 0.1) is 5.92 Å². The molecule has 1 aromatic rings. The van der Waals surface area contributed by atoms with E-state index in [9.17, 15) is 13.2 Å². The SMILES string of the molecule is O=C(C1CC1)N1CC(S(=O)(=O)c2cc(Br)cc(N3CCOCC3)c2)C1. The van der Waals surface area contributed by atoms with Crippen molar-refractivity contribution in [3.05, 3.63) is 22.7 Å². The van der Waals surface area contributed by atoms with Crippen LogP contribution < -0.4 is 4.90 Å². The fourth-order valence-electron chi connectivity index (χ4n) is 3.31. The van der Waals surface area contributed by atoms with Crippen molar-refractivity contribution in [2.45, 2.75) is 23.0 Å². The van der Waals surface area contributed by atoms with Gasteiger partial charge in [-0.15, -0.1) is 0 Å². The van der Waals surface area contributed by atoms with Crippen molar-refractivity contribution in [3.63, 3.8) is 0 Å². The molecule has 0 aromatic heterocycles. The molecular formula is C17H21BrN2O4S. The molecule has 3 aliphatic rings. The van der Waals surface area contributed by atoms with Crippen molar-refractivity contribution < 1.29 is 17.9 Å². The number of sulfone groups is 1. The number of nitrogens with zero attached hydrogens (tertiary/aromatic N) is 2. The first-order valence-corrected chi connectivity index (χ1v) is 10.9. The largest absolute Gasteiger partial charge is 0.378 e. The molecule has 136 valence electrons. The molecule has 3 fully saturated rings. The summed E-state index contributed by atoms with van der Waals surface area (Å²) in [6, 6.07) is 5.34. The maximum absolute atomic E-state index is 13.0. The third-order valence-electron chi connectivity index (χ3n) is 5.09. The van der Waals surface area contributed by atoms with E-state index < -0.39 is 15.1 Å². The van der Waals surface area contributed by atoms with Gasteiger partial charge in [-0.05, 0) is 31.0 Å². The Morgan fingerprint density at radius 2 is 1.80 bits per heavy atom. The minimum Gasteiger partial charge on any atom is -0.378 e. The van der Waals surface area contributed by atoms with E-state index in [2.05, 4.69) is 20.8 Å². The lowest BCUT2D eigenvalue weighted by molar-refractivity contribution is -0.135. The summed E-state index contributed by atoms with van der Waals surface area (Å²) in [4.78, 5) is 16.2. The van der Waals surface area contributed by atoms with Crippen molar-refractivity contribution in [3.8, 4) is 0 Å². The van der Waals surface area contributed by atoms with E-state index in [0.29, 0.717) is 31.2 Å². The van der Waals surface area contributed by atoms with Gasteiger partial charge in [0.1, 0.15) is 5.25 Å². The quantitative estimate of drug-likeness (QED) is 0.729. The number of morpholine rings is 1. The Morgan fingerprint density at radius 1 is 1.12 bits per heavy atom. The molecule has 25 heavy (non-hydrogen) atoms. The fraction of sp³-hybridized carbons (Fsp3) is 0.588. The highest BCUT2D eigenvalue weighted by atomic mass is 79.9. The molecule has 0 spiro atoms. The molecule has 0 atom stereocenters. The normalized spacial score (nSPS) is 22.0. The minimum absolute atomic E-state index is 0.120. The maximum atomic E-state index is 13.0. The summed E-state index contributed by atoms with van der Waals surface area (Å²) >= 11 is 3.44. The number of likely N-dealkylation sites (tertiary alicyclic amines) is 1. The van der Waals surface area contributed by atoms with Crippen LogP contribution in [-0.2, 0) is 19.4 Å². The van der Waals surface area contributed by atoms with Crippen molar-refractivity contribution in [1.82, 2.24) is 4.90 Å². The van der Waals surface area contributed by atoms with Gasteiger partial charge in [-0.25, -0.2) is 8.42 Å². The Labute approximate surface area is 156 Å². The number of halogens is 1. The number of carbonyl (C=O) groups is 1. The summed E-state index contributed by atoms with van der Waals surface area (Å²) in [5, 5.41) is -0.498. The second kappa shape index (κ2) is 6.55. The number of anilines is 1. The minimum atomic E-state index is -3.44. The van der Waals surface area contributed by atoms with E-state index in [4.69, 9.17) is 4.74 Å². The smallest absolute Gasteiger partial charge is 0.225 e. The highest BCUT2D eigenvalue weighted by Crippen LogP contribution is 2.35. The van der Waals surface area contributed by atoms with Crippen LogP contribution in [0.3, 0.4) is 0 Å². The van der Waals surface area contributed by atoms with Gasteiger partial charge in [0.05, 0.1) is 18.1 Å². The topological polar surface area (TPSA) is 66.9 Å². The van der Waals surface area contributed by atoms with Crippen LogP contribution in [-0.4, -0.2) is 63.9 Å². The average Bonchev–Trinajstić information content (AvgIpc) is 3.38. The first-order valence-electron chi connectivity index (χ1n) is 8.61. The number of ether oxygens (including phenoxy) is 1. The Bertz CT molecular complexity index is 782. The van der Waals surface area contributed by atoms with Crippen LogP contribution in [0.25, 0.3) is 0 Å². The molecule has 0 radical (unpaired) electrons. The molecule has 0 unspecified atom stereocenters. The zero-order valence-electron chi connectivity index (χ0n) is 13.9. The molecule has 6 nitrogen and oxygen atoms in total. The lowest BCUT2D eigenvalue weighted by atomic mass is 10.2. The van der Waals surface area contributed by atoms with Gasteiger partial charge >= 0.3 is 0 Å². The fourth-order valence-corrected chi connectivity index (χ4v) is 5.66. The number of hydrogen-bond donors (Lipinski definition) is 0. The molecule has 1 aliphatic carbocycles. The number of amides is 1. The van der Waals surface area contributed by atoms with Gasteiger partial charge in [0.2, 0.25) is 5.91 Å². The predicted octanol–water partition coefficient (Wildman–Crippen LogP) is 1.68. The van der Waals surface area contributed by atoms with Gasteiger partial charge in [-0.1, -0.05) is 15.9 Å². The summed E-state index contributed by atoms with van der Waals surface area (Å²) in [5.74, 6) is 0.261. The molecule has 2 heterocycles. The maximum Gasteiger partial charge on any atom is 0.225 e. The Balaban J connectivity index is 1.52. The Hall–Kier alpha value is -1.12. The summed E-state index contributed by atoms with van der Waals surface area (Å²) in [6.07, 6.45) is 1.89. The van der Waals surface area contributed by atoms with Crippen LogP contribution >= 0.6 is 15.9 Å². The first-order chi connectivity index (χ1) is 11.9. The second-order valence-corrected chi connectivity index (χ2v) is 10.1. The van der Waals surface area contributed by atoms with E-state index in [1.54, 1.807) is 17.0 Å². The van der Waals surface area contributed by atoms with Crippen molar-refractivity contribution >= 4 is 37.4 Å². The Morgan fingerprint density at radius 3 is 2.44 bits per heavy atom. The van der Waals surface area contributed by atoms with E-state index in [-0.39, 0.29) is 11.8 Å². The standard InChI is InChI=1S/C17H21BrN2O4S/c18-13-7-14(19-3-5-24-6-4-19)9-15(8-13)25(22,23)16-10-20(11-16)17(21)12-1-2-12/h7-9,12,16H,1-6,10-11H2. The highest BCUT2D eigenvalue weighted by molar-refractivity contribution is 9.10. The molecule has 0 bridgehead atoms. The number of hydrogen-bond acceptors (Lipinski definition) is 5. The third kappa shape index (κ3) is 3.44. The zero-order valence-corrected chi connectivity index (χ0v) is 16.3. The summed E-state index contributed by atoms with van der Waals surface area (Å²) in [6.45, 7) is 3.44. The Kier molecular flexibility index (Phi) is 4.54. The number of benzene rings is 1. The lowest BCUT2D eigenvalue weighted by Gasteiger charge is -2.39. The van der Waals surface area contributed by atoms with Gasteiger partial charge in [-0.3, -0.25) is 4.79 Å². The lowest BCUT2D eigenvalue weighted by Crippen LogP contribution is -2.57. The number of carbonyl (C=O) groups excluding carboxylic acids is 1. The summed E-state index contributed by atoms with van der Waals surface area (Å²) in [7, 11) is -3.44. The molecule has 0 N–H and O–H groups in total. The highest BCUT2D eigenvalue weighted by Gasteiger charge is 2.44. The number of rotatable bonds is 4. The first kappa shape index (κ1) is 17.3. The molecule has 1 aromatic carbocycles. The molecule has 8 heteroatoms. The van der Waals surface area contributed by atoms with Crippen LogP contribution in [0.2, 0.25) is 0 Å². The van der Waals surface area contributed by atoms with Crippen molar-refractivity contribution in [2.24, 2.45) is 5.92 Å². The van der Waals surface area contributed by atoms with E-state index >= 15 is 0 Å².